The van der Waals surface area contributed by atoms with E-state index in [0.29, 0.717) is 0 Å². The quantitative estimate of drug-likeness (QED) is 0.623. The molecule has 0 atom stereocenters. The van der Waals surface area contributed by atoms with Crippen LogP contribution in [0.1, 0.15) is 0 Å². The molecule has 0 bridgehead atoms. The SMILES string of the molecule is [CH3][Ti]([CH3])([CH3])([CH3])[N]1CCNCCNCCNCC1. The first-order valence-corrected chi connectivity index (χ1v) is 13.9. The zero-order valence-electron chi connectivity index (χ0n) is 12.1. The van der Waals surface area contributed by atoms with Crippen LogP contribution in [0.5, 0.6) is 0 Å². The van der Waals surface area contributed by atoms with Crippen LogP contribution in [0.25, 0.3) is 0 Å². The second-order valence-electron chi connectivity index (χ2n) is 7.13. The van der Waals surface area contributed by atoms with Crippen LogP contribution in [-0.2, 0) is 15.6 Å². The maximum atomic E-state index is 3.53. The van der Waals surface area contributed by atoms with Gasteiger partial charge in [-0.25, -0.2) is 0 Å². The van der Waals surface area contributed by atoms with Crippen molar-refractivity contribution in [2.75, 3.05) is 52.4 Å². The number of rotatable bonds is 1. The van der Waals surface area contributed by atoms with Gasteiger partial charge in [0.05, 0.1) is 0 Å². The van der Waals surface area contributed by atoms with Crippen LogP contribution >= 0.6 is 0 Å². The Morgan fingerprint density at radius 2 is 1.00 bits per heavy atom. The van der Waals surface area contributed by atoms with E-state index in [0.717, 1.165) is 39.3 Å². The second kappa shape index (κ2) is 6.64. The fourth-order valence-corrected chi connectivity index (χ4v) is 5.31. The molecule has 0 unspecified atom stereocenters. The second-order valence-corrected chi connectivity index (χ2v) is 20.3. The van der Waals surface area contributed by atoms with E-state index in [4.69, 9.17) is 0 Å². The summed E-state index contributed by atoms with van der Waals surface area (Å²) in [5.41, 5.74) is 0. The standard InChI is InChI=1S/C8H19N4.4CH3.Ti/c1-2-10-5-6-12-8-7-11-4-3-9-1;;;;;/h9-11H,1-8H2;4*1H3;/q-1;;;;;+1. The molecule has 0 radical (unpaired) electrons. The molecule has 0 spiro atoms. The molecule has 1 aliphatic heterocycles. The molecule has 1 fully saturated rings. The summed E-state index contributed by atoms with van der Waals surface area (Å²) < 4.78 is 2.76. The van der Waals surface area contributed by atoms with Crippen LogP contribution in [0, 0.1) is 0 Å². The van der Waals surface area contributed by atoms with Gasteiger partial charge in [-0.3, -0.25) is 0 Å². The Kier molecular flexibility index (Phi) is 6.10. The summed E-state index contributed by atoms with van der Waals surface area (Å²) in [7, 11) is 0. The van der Waals surface area contributed by atoms with Gasteiger partial charge in [-0.1, -0.05) is 0 Å². The molecule has 17 heavy (non-hydrogen) atoms. The Bertz CT molecular complexity index is 203. The van der Waals surface area contributed by atoms with Gasteiger partial charge in [-0.2, -0.15) is 0 Å². The summed E-state index contributed by atoms with van der Waals surface area (Å²) in [5.74, 6) is 0. The Morgan fingerprint density at radius 3 is 1.35 bits per heavy atom. The molecule has 3 N–H and O–H groups in total. The molecule has 0 aromatic carbocycles. The Labute approximate surface area is 108 Å². The Morgan fingerprint density at radius 1 is 0.647 bits per heavy atom. The predicted octanol–water partition coefficient (Wildman–Crippen LogP) is 0.868. The van der Waals surface area contributed by atoms with Gasteiger partial charge < -0.3 is 0 Å². The van der Waals surface area contributed by atoms with Crippen molar-refractivity contribution >= 4 is 0 Å². The zero-order valence-corrected chi connectivity index (χ0v) is 13.7. The minimum absolute atomic E-state index is 1.08. The van der Waals surface area contributed by atoms with E-state index in [-0.39, 0.29) is 0 Å². The molecule has 0 amide bonds. The van der Waals surface area contributed by atoms with Crippen molar-refractivity contribution in [3.63, 3.8) is 0 Å². The third-order valence-corrected chi connectivity index (χ3v) is 7.99. The fourth-order valence-electron chi connectivity index (χ4n) is 2.16. The van der Waals surface area contributed by atoms with E-state index < -0.39 is 15.6 Å². The van der Waals surface area contributed by atoms with E-state index in [1.165, 1.54) is 13.1 Å². The first-order valence-electron chi connectivity index (χ1n) is 6.98. The average Bonchev–Trinajstić information content (AvgIpc) is 2.15. The number of hydrogen-bond donors (Lipinski definition) is 3. The van der Waals surface area contributed by atoms with E-state index in [9.17, 15) is 0 Å². The molecule has 4 nitrogen and oxygen atoms in total. The predicted molar refractivity (Wildman–Crippen MR) is 73.6 cm³/mol. The molecule has 1 aliphatic rings. The molecule has 103 valence electrons. The van der Waals surface area contributed by atoms with Gasteiger partial charge in [-0.15, -0.1) is 0 Å². The first-order chi connectivity index (χ1) is 7.86. The first kappa shape index (κ1) is 15.6. The third-order valence-electron chi connectivity index (χ3n) is 3.34. The molecule has 5 heteroatoms. The molecule has 0 aromatic rings. The van der Waals surface area contributed by atoms with Crippen molar-refractivity contribution in [2.24, 2.45) is 0 Å². The van der Waals surface area contributed by atoms with Crippen LogP contribution < -0.4 is 16.0 Å². The van der Waals surface area contributed by atoms with Gasteiger partial charge in [0.15, 0.2) is 0 Å². The van der Waals surface area contributed by atoms with Crippen LogP contribution in [0.2, 0.25) is 20.9 Å². The number of nitrogens with zero attached hydrogens (tertiary/aromatic N) is 1. The number of hydrogen-bond acceptors (Lipinski definition) is 4. The monoisotopic (exact) mass is 279 g/mol. The molecule has 0 saturated carbocycles. The summed E-state index contributed by atoms with van der Waals surface area (Å²) in [6.45, 7) is 8.93. The van der Waals surface area contributed by atoms with Gasteiger partial charge >= 0.3 is 108 Å². The van der Waals surface area contributed by atoms with Crippen LogP contribution in [-0.4, -0.2) is 55.7 Å². The molecular weight excluding hydrogens is 248 g/mol. The minimum atomic E-state index is -2.29. The topological polar surface area (TPSA) is 39.3 Å². The van der Waals surface area contributed by atoms with Gasteiger partial charge in [-0.05, 0) is 0 Å². The van der Waals surface area contributed by atoms with Crippen molar-refractivity contribution in [1.29, 1.82) is 0 Å². The van der Waals surface area contributed by atoms with Gasteiger partial charge in [0, 0.05) is 0 Å². The van der Waals surface area contributed by atoms with Crippen molar-refractivity contribution in [2.45, 2.75) is 20.9 Å². The van der Waals surface area contributed by atoms with Crippen molar-refractivity contribution < 1.29 is 15.6 Å². The van der Waals surface area contributed by atoms with Crippen molar-refractivity contribution in [1.82, 2.24) is 19.3 Å². The third kappa shape index (κ3) is 6.89. The Balaban J connectivity index is 2.49. The van der Waals surface area contributed by atoms with E-state index in [1.54, 1.807) is 0 Å². The maximum absolute atomic E-state index is 3.53. The van der Waals surface area contributed by atoms with Crippen molar-refractivity contribution in [3.05, 3.63) is 0 Å². The summed E-state index contributed by atoms with van der Waals surface area (Å²) in [4.78, 5) is 0. The molecule has 1 saturated heterocycles. The molecule has 1 rings (SSSR count). The van der Waals surface area contributed by atoms with E-state index in [2.05, 4.69) is 40.2 Å². The normalized spacial score (nSPS) is 25.3. The molecule has 0 aromatic heterocycles. The van der Waals surface area contributed by atoms with Gasteiger partial charge in [0.1, 0.15) is 0 Å². The van der Waals surface area contributed by atoms with Gasteiger partial charge in [0.25, 0.3) is 0 Å². The van der Waals surface area contributed by atoms with Crippen molar-refractivity contribution in [3.8, 4) is 0 Å². The summed E-state index contributed by atoms with van der Waals surface area (Å²) in [5, 5.41) is 20.5. The molecular formula is C12H31N4Ti. The zero-order chi connectivity index (χ0) is 12.8. The fraction of sp³-hybridized carbons (Fsp3) is 1.00. The van der Waals surface area contributed by atoms with Crippen LogP contribution in [0.4, 0.5) is 0 Å². The summed E-state index contributed by atoms with van der Waals surface area (Å²) in [6.07, 6.45) is 0. The molecule has 0 aliphatic carbocycles. The Hall–Kier alpha value is 0.554. The molecule has 1 heterocycles. The van der Waals surface area contributed by atoms with E-state index in [1.807, 2.05) is 0 Å². The van der Waals surface area contributed by atoms with E-state index >= 15 is 0 Å². The van der Waals surface area contributed by atoms with Gasteiger partial charge in [0.2, 0.25) is 0 Å². The van der Waals surface area contributed by atoms with Crippen LogP contribution in [0.3, 0.4) is 0 Å². The summed E-state index contributed by atoms with van der Waals surface area (Å²) in [6, 6.07) is 0. The average molecular weight is 279 g/mol. The number of nitrogens with one attached hydrogen (secondary N) is 3. The van der Waals surface area contributed by atoms with Crippen LogP contribution in [0.15, 0.2) is 0 Å². The summed E-state index contributed by atoms with van der Waals surface area (Å²) >= 11 is -2.29.